The predicted molar refractivity (Wildman–Crippen MR) is 51.3 cm³/mol. The highest BCUT2D eigenvalue weighted by Gasteiger charge is 2.13. The Morgan fingerprint density at radius 1 is 1.43 bits per heavy atom. The monoisotopic (exact) mass is 200 g/mol. The van der Waals surface area contributed by atoms with Crippen LogP contribution in [0.3, 0.4) is 0 Å². The lowest BCUT2D eigenvalue weighted by Crippen LogP contribution is -2.28. The molecule has 1 aromatic carbocycles. The van der Waals surface area contributed by atoms with Gasteiger partial charge in [0.1, 0.15) is 11.6 Å². The van der Waals surface area contributed by atoms with Crippen LogP contribution in [0, 0.1) is 11.6 Å². The molecule has 0 aliphatic rings. The van der Waals surface area contributed by atoms with Gasteiger partial charge < -0.3 is 0 Å². The van der Waals surface area contributed by atoms with Crippen molar-refractivity contribution in [3.63, 3.8) is 0 Å². The van der Waals surface area contributed by atoms with Crippen LogP contribution >= 0.6 is 0 Å². The van der Waals surface area contributed by atoms with Gasteiger partial charge >= 0.3 is 0 Å². The molecule has 1 atom stereocenters. The summed E-state index contributed by atoms with van der Waals surface area (Å²) in [5, 5.41) is 0. The quantitative estimate of drug-likeness (QED) is 0.578. The maximum Gasteiger partial charge on any atom is 0.130 e. The first-order chi connectivity index (χ1) is 6.69. The van der Waals surface area contributed by atoms with Gasteiger partial charge in [0.15, 0.2) is 0 Å². The number of nitrogens with one attached hydrogen (secondary N) is 1. The Bertz CT molecular complexity index is 302. The van der Waals surface area contributed by atoms with Crippen molar-refractivity contribution in [2.24, 2.45) is 5.84 Å². The van der Waals surface area contributed by atoms with E-state index in [9.17, 15) is 8.78 Å². The van der Waals surface area contributed by atoms with E-state index >= 15 is 0 Å². The predicted octanol–water partition coefficient (Wildman–Crippen LogP) is 2.27. The Hall–Kier alpha value is -1.00. The van der Waals surface area contributed by atoms with Gasteiger partial charge in [-0.25, -0.2) is 8.78 Å². The fraction of sp³-hybridized carbons (Fsp3) is 0.400. The normalized spacial score (nSPS) is 12.9. The van der Waals surface area contributed by atoms with E-state index in [1.165, 1.54) is 12.1 Å². The van der Waals surface area contributed by atoms with Crippen molar-refractivity contribution in [1.29, 1.82) is 0 Å². The van der Waals surface area contributed by atoms with Gasteiger partial charge in [0.2, 0.25) is 0 Å². The van der Waals surface area contributed by atoms with E-state index < -0.39 is 11.6 Å². The minimum absolute atomic E-state index is 0.249. The molecule has 3 N–H and O–H groups in total. The van der Waals surface area contributed by atoms with Gasteiger partial charge in [-0.1, -0.05) is 19.4 Å². The highest BCUT2D eigenvalue weighted by atomic mass is 19.1. The smallest absolute Gasteiger partial charge is 0.130 e. The summed E-state index contributed by atoms with van der Waals surface area (Å²) in [7, 11) is 0. The first-order valence-electron chi connectivity index (χ1n) is 4.60. The number of benzene rings is 1. The van der Waals surface area contributed by atoms with Gasteiger partial charge in [-0.15, -0.1) is 0 Å². The van der Waals surface area contributed by atoms with Crippen LogP contribution < -0.4 is 11.3 Å². The Morgan fingerprint density at radius 3 is 2.64 bits per heavy atom. The number of rotatable bonds is 4. The van der Waals surface area contributed by atoms with Crippen molar-refractivity contribution in [1.82, 2.24) is 5.43 Å². The van der Waals surface area contributed by atoms with Crippen LogP contribution in [-0.4, -0.2) is 0 Å². The van der Waals surface area contributed by atoms with E-state index in [-0.39, 0.29) is 6.04 Å². The summed E-state index contributed by atoms with van der Waals surface area (Å²) in [5.74, 6) is 4.16. The average molecular weight is 200 g/mol. The van der Waals surface area contributed by atoms with Gasteiger partial charge in [-0.2, -0.15) is 0 Å². The van der Waals surface area contributed by atoms with Crippen LogP contribution in [0.25, 0.3) is 0 Å². The van der Waals surface area contributed by atoms with E-state index in [4.69, 9.17) is 5.84 Å². The summed E-state index contributed by atoms with van der Waals surface area (Å²) in [5.41, 5.74) is 2.93. The lowest BCUT2D eigenvalue weighted by molar-refractivity contribution is 0.476. The highest BCUT2D eigenvalue weighted by Crippen LogP contribution is 2.21. The molecule has 0 spiro atoms. The van der Waals surface area contributed by atoms with Crippen molar-refractivity contribution in [2.45, 2.75) is 25.8 Å². The van der Waals surface area contributed by atoms with Crippen molar-refractivity contribution in [3.8, 4) is 0 Å². The van der Waals surface area contributed by atoms with Crippen molar-refractivity contribution >= 4 is 0 Å². The molecule has 0 aliphatic carbocycles. The van der Waals surface area contributed by atoms with E-state index in [1.807, 2.05) is 6.92 Å². The molecular weight excluding hydrogens is 186 g/mol. The Balaban J connectivity index is 2.92. The second-order valence-electron chi connectivity index (χ2n) is 3.17. The van der Waals surface area contributed by atoms with Crippen LogP contribution in [-0.2, 0) is 0 Å². The van der Waals surface area contributed by atoms with Crippen LogP contribution in [0.1, 0.15) is 31.4 Å². The number of hydrazine groups is 1. The summed E-state index contributed by atoms with van der Waals surface area (Å²) in [6.07, 6.45) is 1.60. The first kappa shape index (κ1) is 11.1. The third-order valence-corrected chi connectivity index (χ3v) is 2.12. The summed E-state index contributed by atoms with van der Waals surface area (Å²) in [6, 6.07) is 3.28. The molecular formula is C10H14F2N2. The SMILES string of the molecule is CCCC(NN)c1ccc(F)cc1F. The van der Waals surface area contributed by atoms with Gasteiger partial charge in [-0.3, -0.25) is 11.3 Å². The molecule has 1 unspecified atom stereocenters. The number of halogens is 2. The Labute approximate surface area is 82.1 Å². The van der Waals surface area contributed by atoms with Gasteiger partial charge in [0.05, 0.1) is 0 Å². The molecule has 0 amide bonds. The maximum atomic E-state index is 13.3. The molecule has 0 bridgehead atoms. The average Bonchev–Trinajstić information content (AvgIpc) is 2.15. The molecule has 78 valence electrons. The largest absolute Gasteiger partial charge is 0.271 e. The van der Waals surface area contributed by atoms with Crippen molar-refractivity contribution in [2.75, 3.05) is 0 Å². The lowest BCUT2D eigenvalue weighted by Gasteiger charge is -2.15. The molecule has 1 rings (SSSR count). The number of hydrogen-bond donors (Lipinski definition) is 2. The molecule has 0 aromatic heterocycles. The molecule has 14 heavy (non-hydrogen) atoms. The molecule has 0 saturated carbocycles. The van der Waals surface area contributed by atoms with E-state index in [1.54, 1.807) is 0 Å². The topological polar surface area (TPSA) is 38.0 Å². The third-order valence-electron chi connectivity index (χ3n) is 2.12. The molecule has 0 aliphatic heterocycles. The fourth-order valence-electron chi connectivity index (χ4n) is 1.40. The first-order valence-corrected chi connectivity index (χ1v) is 4.60. The standard InChI is InChI=1S/C10H14F2N2/c1-2-3-10(14-13)8-5-4-7(11)6-9(8)12/h4-6,10,14H,2-3,13H2,1H3. The summed E-state index contributed by atoms with van der Waals surface area (Å²) < 4.78 is 25.9. The summed E-state index contributed by atoms with van der Waals surface area (Å²) in [6.45, 7) is 1.98. The van der Waals surface area contributed by atoms with Crippen LogP contribution in [0.5, 0.6) is 0 Å². The minimum Gasteiger partial charge on any atom is -0.271 e. The second-order valence-corrected chi connectivity index (χ2v) is 3.17. The number of nitrogens with two attached hydrogens (primary N) is 1. The van der Waals surface area contributed by atoms with Crippen molar-refractivity contribution < 1.29 is 8.78 Å². The summed E-state index contributed by atoms with van der Waals surface area (Å²) in [4.78, 5) is 0. The molecule has 0 fully saturated rings. The molecule has 4 heteroatoms. The molecule has 2 nitrogen and oxygen atoms in total. The van der Waals surface area contributed by atoms with Gasteiger partial charge in [0, 0.05) is 17.7 Å². The van der Waals surface area contributed by atoms with Crippen molar-refractivity contribution in [3.05, 3.63) is 35.4 Å². The van der Waals surface area contributed by atoms with Crippen LogP contribution in [0.15, 0.2) is 18.2 Å². The highest BCUT2D eigenvalue weighted by molar-refractivity contribution is 5.21. The maximum absolute atomic E-state index is 13.3. The van der Waals surface area contributed by atoms with E-state index in [0.29, 0.717) is 5.56 Å². The summed E-state index contributed by atoms with van der Waals surface area (Å²) >= 11 is 0. The van der Waals surface area contributed by atoms with Crippen LogP contribution in [0.4, 0.5) is 8.78 Å². The molecule has 1 aromatic rings. The molecule has 0 radical (unpaired) electrons. The zero-order valence-electron chi connectivity index (χ0n) is 8.06. The lowest BCUT2D eigenvalue weighted by atomic mass is 10.0. The molecule has 0 saturated heterocycles. The molecule has 0 heterocycles. The zero-order valence-corrected chi connectivity index (χ0v) is 8.06. The number of hydrogen-bond acceptors (Lipinski definition) is 2. The van der Waals surface area contributed by atoms with Crippen LogP contribution in [0.2, 0.25) is 0 Å². The van der Waals surface area contributed by atoms with Gasteiger partial charge in [0.25, 0.3) is 0 Å². The van der Waals surface area contributed by atoms with E-state index in [2.05, 4.69) is 5.43 Å². The fourth-order valence-corrected chi connectivity index (χ4v) is 1.40. The second kappa shape index (κ2) is 5.02. The zero-order chi connectivity index (χ0) is 10.6. The Morgan fingerprint density at radius 2 is 2.14 bits per heavy atom. The minimum atomic E-state index is -0.571. The van der Waals surface area contributed by atoms with Gasteiger partial charge in [-0.05, 0) is 12.5 Å². The third kappa shape index (κ3) is 2.49. The van der Waals surface area contributed by atoms with E-state index in [0.717, 1.165) is 18.9 Å². The Kier molecular flexibility index (Phi) is 3.98.